The van der Waals surface area contributed by atoms with Gasteiger partial charge in [-0.25, -0.2) is 9.98 Å². The van der Waals surface area contributed by atoms with E-state index in [1.807, 2.05) is 6.20 Å². The van der Waals surface area contributed by atoms with E-state index in [1.165, 1.54) is 12.8 Å². The van der Waals surface area contributed by atoms with Crippen LogP contribution in [0.1, 0.15) is 52.5 Å². The third-order valence-corrected chi connectivity index (χ3v) is 4.69. The highest BCUT2D eigenvalue weighted by Gasteiger charge is 2.16. The molecule has 1 fully saturated rings. The molecule has 0 spiro atoms. The van der Waals surface area contributed by atoms with Crippen molar-refractivity contribution in [3.05, 3.63) is 23.9 Å². The van der Waals surface area contributed by atoms with Crippen molar-refractivity contribution in [3.63, 3.8) is 0 Å². The molecule has 1 aliphatic rings. The van der Waals surface area contributed by atoms with Crippen LogP contribution in [0, 0.1) is 11.8 Å². The van der Waals surface area contributed by atoms with Crippen molar-refractivity contribution >= 4 is 11.8 Å². The average molecular weight is 346 g/mol. The molecule has 0 atom stereocenters. The number of nitrogens with zero attached hydrogens (tertiary/aromatic N) is 3. The number of guanidine groups is 1. The molecule has 5 nitrogen and oxygen atoms in total. The molecule has 2 rings (SSSR count). The second-order valence-electron chi connectivity index (χ2n) is 7.50. The van der Waals surface area contributed by atoms with E-state index in [0.29, 0.717) is 12.5 Å². The predicted molar refractivity (Wildman–Crippen MR) is 107 cm³/mol. The molecule has 5 heteroatoms. The minimum Gasteiger partial charge on any atom is -0.357 e. The van der Waals surface area contributed by atoms with Crippen molar-refractivity contribution in [2.75, 3.05) is 31.1 Å². The fourth-order valence-corrected chi connectivity index (χ4v) is 2.93. The van der Waals surface area contributed by atoms with E-state index in [0.717, 1.165) is 55.9 Å². The summed E-state index contributed by atoms with van der Waals surface area (Å²) in [5.41, 5.74) is 1.15. The Balaban J connectivity index is 1.87. The lowest BCUT2D eigenvalue weighted by Gasteiger charge is -2.31. The first-order valence-corrected chi connectivity index (χ1v) is 9.80. The lowest BCUT2D eigenvalue weighted by molar-refractivity contribution is 0.436. The molecule has 1 saturated heterocycles. The van der Waals surface area contributed by atoms with Crippen molar-refractivity contribution in [2.24, 2.45) is 16.8 Å². The summed E-state index contributed by atoms with van der Waals surface area (Å²) in [6, 6.07) is 4.29. The van der Waals surface area contributed by atoms with Gasteiger partial charge in [0.25, 0.3) is 0 Å². The van der Waals surface area contributed by atoms with Crippen molar-refractivity contribution in [1.29, 1.82) is 0 Å². The van der Waals surface area contributed by atoms with E-state index < -0.39 is 0 Å². The van der Waals surface area contributed by atoms with Gasteiger partial charge in [-0.3, -0.25) is 0 Å². The number of piperidine rings is 1. The summed E-state index contributed by atoms with van der Waals surface area (Å²) in [5.74, 6) is 3.53. The van der Waals surface area contributed by atoms with Crippen LogP contribution in [0.2, 0.25) is 0 Å². The van der Waals surface area contributed by atoms with E-state index in [2.05, 4.69) is 65.3 Å². The van der Waals surface area contributed by atoms with Crippen LogP contribution in [0.15, 0.2) is 23.3 Å². The highest BCUT2D eigenvalue weighted by molar-refractivity contribution is 5.79. The zero-order valence-electron chi connectivity index (χ0n) is 16.4. The molecule has 140 valence electrons. The summed E-state index contributed by atoms with van der Waals surface area (Å²) in [6.07, 6.45) is 5.65. The predicted octanol–water partition coefficient (Wildman–Crippen LogP) is 3.42. The number of hydrogen-bond acceptors (Lipinski definition) is 3. The molecule has 1 aromatic rings. The standard InChI is InChI=1S/C20H35N5/c1-5-21-20(22-11-8-16(2)3)24-15-18-6-7-19(23-14-18)25-12-9-17(4)10-13-25/h6-7,14,16-17H,5,8-13,15H2,1-4H3,(H2,21,22,24). The van der Waals surface area contributed by atoms with E-state index in [4.69, 9.17) is 0 Å². The summed E-state index contributed by atoms with van der Waals surface area (Å²) in [4.78, 5) is 11.7. The van der Waals surface area contributed by atoms with Gasteiger partial charge < -0.3 is 15.5 Å². The number of aliphatic imine (C=N–C) groups is 1. The summed E-state index contributed by atoms with van der Waals surface area (Å²) in [5, 5.41) is 6.70. The van der Waals surface area contributed by atoms with Gasteiger partial charge in [0.2, 0.25) is 0 Å². The highest BCUT2D eigenvalue weighted by atomic mass is 15.2. The number of rotatable bonds is 7. The molecular weight excluding hydrogens is 310 g/mol. The average Bonchev–Trinajstić information content (AvgIpc) is 2.60. The number of hydrogen-bond donors (Lipinski definition) is 2. The maximum absolute atomic E-state index is 4.67. The van der Waals surface area contributed by atoms with Gasteiger partial charge in [-0.2, -0.15) is 0 Å². The van der Waals surface area contributed by atoms with Crippen molar-refractivity contribution in [1.82, 2.24) is 15.6 Å². The third kappa shape index (κ3) is 6.92. The topological polar surface area (TPSA) is 52.6 Å². The van der Waals surface area contributed by atoms with Crippen LogP contribution in [0.3, 0.4) is 0 Å². The molecule has 25 heavy (non-hydrogen) atoms. The van der Waals surface area contributed by atoms with Crippen LogP contribution in [0.5, 0.6) is 0 Å². The molecule has 2 N–H and O–H groups in total. The van der Waals surface area contributed by atoms with E-state index in [1.54, 1.807) is 0 Å². The van der Waals surface area contributed by atoms with Crippen molar-refractivity contribution in [2.45, 2.75) is 53.5 Å². The first kappa shape index (κ1) is 19.5. The Morgan fingerprint density at radius 2 is 2.04 bits per heavy atom. The fourth-order valence-electron chi connectivity index (χ4n) is 2.93. The zero-order chi connectivity index (χ0) is 18.1. The lowest BCUT2D eigenvalue weighted by Crippen LogP contribution is -2.38. The van der Waals surface area contributed by atoms with Crippen LogP contribution in [0.25, 0.3) is 0 Å². The molecule has 0 unspecified atom stereocenters. The molecule has 0 saturated carbocycles. The largest absolute Gasteiger partial charge is 0.357 e. The van der Waals surface area contributed by atoms with Crippen LogP contribution >= 0.6 is 0 Å². The minimum atomic E-state index is 0.654. The van der Waals surface area contributed by atoms with Crippen molar-refractivity contribution in [3.8, 4) is 0 Å². The summed E-state index contributed by atoms with van der Waals surface area (Å²) in [7, 11) is 0. The van der Waals surface area contributed by atoms with Gasteiger partial charge in [0.15, 0.2) is 5.96 Å². The Labute approximate surface area is 153 Å². The minimum absolute atomic E-state index is 0.654. The number of pyridine rings is 1. The van der Waals surface area contributed by atoms with Gasteiger partial charge in [0.1, 0.15) is 5.82 Å². The van der Waals surface area contributed by atoms with Gasteiger partial charge in [0, 0.05) is 32.4 Å². The fraction of sp³-hybridized carbons (Fsp3) is 0.700. The Morgan fingerprint density at radius 1 is 1.28 bits per heavy atom. The second kappa shape index (κ2) is 10.3. The first-order valence-electron chi connectivity index (χ1n) is 9.80. The number of nitrogens with one attached hydrogen (secondary N) is 2. The molecular formula is C20H35N5. The lowest BCUT2D eigenvalue weighted by atomic mass is 9.99. The monoisotopic (exact) mass is 345 g/mol. The van der Waals surface area contributed by atoms with Gasteiger partial charge in [-0.1, -0.05) is 26.8 Å². The molecule has 2 heterocycles. The SMILES string of the molecule is CCNC(=NCc1ccc(N2CCC(C)CC2)nc1)NCCC(C)C. The third-order valence-electron chi connectivity index (χ3n) is 4.69. The van der Waals surface area contributed by atoms with E-state index >= 15 is 0 Å². The van der Waals surface area contributed by atoms with E-state index in [9.17, 15) is 0 Å². The summed E-state index contributed by atoms with van der Waals surface area (Å²) < 4.78 is 0. The molecule has 1 aromatic heterocycles. The molecule has 0 radical (unpaired) electrons. The Hall–Kier alpha value is -1.78. The zero-order valence-corrected chi connectivity index (χ0v) is 16.4. The molecule has 1 aliphatic heterocycles. The number of anilines is 1. The first-order chi connectivity index (χ1) is 12.1. The van der Waals surface area contributed by atoms with Gasteiger partial charge in [-0.05, 0) is 49.7 Å². The molecule has 0 bridgehead atoms. The number of aromatic nitrogens is 1. The van der Waals surface area contributed by atoms with Gasteiger partial charge >= 0.3 is 0 Å². The van der Waals surface area contributed by atoms with Crippen LogP contribution in [0.4, 0.5) is 5.82 Å². The molecule has 0 aliphatic carbocycles. The van der Waals surface area contributed by atoms with Crippen LogP contribution in [-0.4, -0.2) is 37.1 Å². The Kier molecular flexibility index (Phi) is 8.02. The van der Waals surface area contributed by atoms with Crippen LogP contribution < -0.4 is 15.5 Å². The smallest absolute Gasteiger partial charge is 0.191 e. The highest BCUT2D eigenvalue weighted by Crippen LogP contribution is 2.21. The van der Waals surface area contributed by atoms with Crippen LogP contribution in [-0.2, 0) is 6.54 Å². The van der Waals surface area contributed by atoms with Gasteiger partial charge in [-0.15, -0.1) is 0 Å². The van der Waals surface area contributed by atoms with Crippen molar-refractivity contribution < 1.29 is 0 Å². The molecule has 0 aromatic carbocycles. The quantitative estimate of drug-likeness (QED) is 0.587. The van der Waals surface area contributed by atoms with Gasteiger partial charge in [0.05, 0.1) is 6.54 Å². The maximum Gasteiger partial charge on any atom is 0.191 e. The normalized spacial score (nSPS) is 16.4. The summed E-state index contributed by atoms with van der Waals surface area (Å²) >= 11 is 0. The summed E-state index contributed by atoms with van der Waals surface area (Å²) in [6.45, 7) is 13.6. The second-order valence-corrected chi connectivity index (χ2v) is 7.50. The Morgan fingerprint density at radius 3 is 2.64 bits per heavy atom. The Bertz CT molecular complexity index is 515. The molecule has 0 amide bonds. The van der Waals surface area contributed by atoms with E-state index in [-0.39, 0.29) is 0 Å². The maximum atomic E-state index is 4.67.